The van der Waals surface area contributed by atoms with Gasteiger partial charge in [-0.2, -0.15) is 0 Å². The van der Waals surface area contributed by atoms with Gasteiger partial charge in [-0.3, -0.25) is 0 Å². The van der Waals surface area contributed by atoms with Gasteiger partial charge in [0.25, 0.3) is 0 Å². The van der Waals surface area contributed by atoms with E-state index in [4.69, 9.17) is 0 Å². The average molecular weight is 185 g/mol. The summed E-state index contributed by atoms with van der Waals surface area (Å²) in [6.45, 7) is 1.99. The van der Waals surface area contributed by atoms with Crippen LogP contribution in [0.4, 0.5) is 0 Å². The predicted octanol–water partition coefficient (Wildman–Crippen LogP) is 1.27. The SMILES string of the molecule is C[n+]1ccc2c3c(cccc31)CNC2. The van der Waals surface area contributed by atoms with Crippen molar-refractivity contribution < 1.29 is 4.57 Å². The minimum atomic E-state index is 0.994. The number of aromatic nitrogens is 1. The molecule has 0 bridgehead atoms. The smallest absolute Gasteiger partial charge is 0.212 e. The summed E-state index contributed by atoms with van der Waals surface area (Å²) < 4.78 is 2.19. The molecule has 2 heteroatoms. The summed E-state index contributed by atoms with van der Waals surface area (Å²) in [6.07, 6.45) is 2.13. The number of pyridine rings is 1. The van der Waals surface area contributed by atoms with Gasteiger partial charge in [-0.25, -0.2) is 4.57 Å². The second-order valence-corrected chi connectivity index (χ2v) is 3.87. The number of nitrogens with zero attached hydrogens (tertiary/aromatic N) is 1. The van der Waals surface area contributed by atoms with E-state index < -0.39 is 0 Å². The molecule has 2 heterocycles. The van der Waals surface area contributed by atoms with E-state index >= 15 is 0 Å². The van der Waals surface area contributed by atoms with Crippen molar-refractivity contribution in [2.45, 2.75) is 13.1 Å². The maximum Gasteiger partial charge on any atom is 0.212 e. The lowest BCUT2D eigenvalue weighted by Gasteiger charge is -2.16. The summed E-state index contributed by atoms with van der Waals surface area (Å²) in [7, 11) is 2.10. The van der Waals surface area contributed by atoms with Crippen molar-refractivity contribution >= 4 is 10.9 Å². The predicted molar refractivity (Wildman–Crippen MR) is 55.7 cm³/mol. The lowest BCUT2D eigenvalue weighted by Crippen LogP contribution is -2.31. The Hall–Kier alpha value is -1.41. The van der Waals surface area contributed by atoms with Crippen LogP contribution in [0.1, 0.15) is 11.1 Å². The first kappa shape index (κ1) is 7.94. The van der Waals surface area contributed by atoms with Crippen molar-refractivity contribution in [2.24, 2.45) is 7.05 Å². The van der Waals surface area contributed by atoms with Crippen molar-refractivity contribution in [2.75, 3.05) is 0 Å². The maximum absolute atomic E-state index is 3.41. The Bertz CT molecular complexity index is 493. The summed E-state index contributed by atoms with van der Waals surface area (Å²) in [4.78, 5) is 0. The minimum Gasteiger partial charge on any atom is -0.309 e. The monoisotopic (exact) mass is 185 g/mol. The van der Waals surface area contributed by atoms with Gasteiger partial charge in [0.1, 0.15) is 7.05 Å². The third kappa shape index (κ3) is 0.976. The molecule has 0 radical (unpaired) electrons. The molecule has 0 aliphatic carbocycles. The van der Waals surface area contributed by atoms with Gasteiger partial charge in [-0.15, -0.1) is 0 Å². The molecule has 0 saturated heterocycles. The average Bonchev–Trinajstić information content (AvgIpc) is 2.24. The van der Waals surface area contributed by atoms with Crippen LogP contribution in [0.3, 0.4) is 0 Å². The Labute approximate surface area is 83.2 Å². The zero-order chi connectivity index (χ0) is 9.54. The highest BCUT2D eigenvalue weighted by atomic mass is 14.9. The molecule has 0 unspecified atom stereocenters. The highest BCUT2D eigenvalue weighted by Gasteiger charge is 2.16. The van der Waals surface area contributed by atoms with Crippen LogP contribution in [-0.2, 0) is 20.1 Å². The molecule has 0 atom stereocenters. The van der Waals surface area contributed by atoms with Crippen LogP contribution < -0.4 is 9.88 Å². The van der Waals surface area contributed by atoms with Gasteiger partial charge < -0.3 is 5.32 Å². The Morgan fingerprint density at radius 2 is 1.93 bits per heavy atom. The maximum atomic E-state index is 3.41. The summed E-state index contributed by atoms with van der Waals surface area (Å²) in [6, 6.07) is 8.73. The van der Waals surface area contributed by atoms with Crippen LogP contribution in [0.5, 0.6) is 0 Å². The highest BCUT2D eigenvalue weighted by Crippen LogP contribution is 2.23. The van der Waals surface area contributed by atoms with E-state index in [2.05, 4.69) is 47.4 Å². The van der Waals surface area contributed by atoms with E-state index in [-0.39, 0.29) is 0 Å². The van der Waals surface area contributed by atoms with Crippen LogP contribution >= 0.6 is 0 Å². The summed E-state index contributed by atoms with van der Waals surface area (Å²) in [5.74, 6) is 0. The van der Waals surface area contributed by atoms with Gasteiger partial charge in [0.05, 0.1) is 5.39 Å². The van der Waals surface area contributed by atoms with E-state index in [1.807, 2.05) is 0 Å². The molecule has 1 aromatic carbocycles. The standard InChI is InChI=1S/C12H13N2/c1-14-6-5-10-8-13-7-9-3-2-4-11(14)12(9)10/h2-6,13H,7-8H2,1H3/q+1. The fourth-order valence-electron chi connectivity index (χ4n) is 2.24. The van der Waals surface area contributed by atoms with Crippen LogP contribution in [0.25, 0.3) is 10.9 Å². The molecule has 0 fully saturated rings. The zero-order valence-corrected chi connectivity index (χ0v) is 8.25. The summed E-state index contributed by atoms with van der Waals surface area (Å²) in [5, 5.41) is 4.85. The van der Waals surface area contributed by atoms with Gasteiger partial charge in [-0.05, 0) is 11.1 Å². The number of rotatable bonds is 0. The Morgan fingerprint density at radius 1 is 1.14 bits per heavy atom. The Kier molecular flexibility index (Phi) is 1.58. The molecular weight excluding hydrogens is 172 g/mol. The van der Waals surface area contributed by atoms with Crippen LogP contribution in [0.15, 0.2) is 30.5 Å². The van der Waals surface area contributed by atoms with E-state index in [9.17, 15) is 0 Å². The normalized spacial score (nSPS) is 14.6. The van der Waals surface area contributed by atoms with Crippen molar-refractivity contribution in [3.05, 3.63) is 41.6 Å². The first-order chi connectivity index (χ1) is 6.86. The zero-order valence-electron chi connectivity index (χ0n) is 8.25. The number of hydrogen-bond acceptors (Lipinski definition) is 1. The molecule has 1 aromatic heterocycles. The summed E-state index contributed by atoms with van der Waals surface area (Å²) in [5.41, 5.74) is 4.17. The Morgan fingerprint density at radius 3 is 2.79 bits per heavy atom. The first-order valence-electron chi connectivity index (χ1n) is 4.96. The number of hydrogen-bond donors (Lipinski definition) is 1. The first-order valence-corrected chi connectivity index (χ1v) is 4.96. The molecule has 14 heavy (non-hydrogen) atoms. The molecule has 1 N–H and O–H groups in total. The number of benzene rings is 1. The number of aryl methyl sites for hydroxylation is 1. The van der Waals surface area contributed by atoms with E-state index in [1.54, 1.807) is 0 Å². The summed E-state index contributed by atoms with van der Waals surface area (Å²) >= 11 is 0. The van der Waals surface area contributed by atoms with Gasteiger partial charge in [0, 0.05) is 25.2 Å². The van der Waals surface area contributed by atoms with Gasteiger partial charge in [-0.1, -0.05) is 12.1 Å². The van der Waals surface area contributed by atoms with Gasteiger partial charge >= 0.3 is 0 Å². The third-order valence-electron chi connectivity index (χ3n) is 2.96. The van der Waals surface area contributed by atoms with Crippen LogP contribution in [0.2, 0.25) is 0 Å². The molecule has 70 valence electrons. The van der Waals surface area contributed by atoms with E-state index in [1.165, 1.54) is 22.0 Å². The van der Waals surface area contributed by atoms with Crippen molar-refractivity contribution in [1.29, 1.82) is 0 Å². The van der Waals surface area contributed by atoms with Crippen LogP contribution in [-0.4, -0.2) is 0 Å². The quantitative estimate of drug-likeness (QED) is 0.611. The molecule has 0 saturated carbocycles. The Balaban J connectivity index is 2.51. The van der Waals surface area contributed by atoms with Crippen LogP contribution in [0, 0.1) is 0 Å². The lowest BCUT2D eigenvalue weighted by atomic mass is 10.00. The minimum absolute atomic E-state index is 0.994. The largest absolute Gasteiger partial charge is 0.309 e. The molecular formula is C12H13N2+. The molecule has 0 spiro atoms. The van der Waals surface area contributed by atoms with Crippen molar-refractivity contribution in [1.82, 2.24) is 5.32 Å². The second kappa shape index (κ2) is 2.79. The molecule has 3 rings (SSSR count). The number of nitrogens with one attached hydrogen (secondary N) is 1. The van der Waals surface area contributed by atoms with Crippen molar-refractivity contribution in [3.63, 3.8) is 0 Å². The molecule has 0 amide bonds. The second-order valence-electron chi connectivity index (χ2n) is 3.87. The fraction of sp³-hybridized carbons (Fsp3) is 0.250. The van der Waals surface area contributed by atoms with Crippen molar-refractivity contribution in [3.8, 4) is 0 Å². The lowest BCUT2D eigenvalue weighted by molar-refractivity contribution is -0.645. The van der Waals surface area contributed by atoms with Gasteiger partial charge in [0.15, 0.2) is 6.20 Å². The topological polar surface area (TPSA) is 15.9 Å². The fourth-order valence-corrected chi connectivity index (χ4v) is 2.24. The van der Waals surface area contributed by atoms with E-state index in [0.717, 1.165) is 13.1 Å². The molecule has 2 aromatic rings. The highest BCUT2D eigenvalue weighted by molar-refractivity contribution is 5.83. The van der Waals surface area contributed by atoms with E-state index in [0.29, 0.717) is 0 Å². The third-order valence-corrected chi connectivity index (χ3v) is 2.96. The molecule has 1 aliphatic heterocycles. The molecule has 2 nitrogen and oxygen atoms in total. The van der Waals surface area contributed by atoms with Gasteiger partial charge in [0.2, 0.25) is 5.52 Å². The molecule has 1 aliphatic rings.